The Morgan fingerprint density at radius 1 is 1.05 bits per heavy atom. The van der Waals surface area contributed by atoms with E-state index in [0.29, 0.717) is 31.0 Å². The Hall–Kier alpha value is -3.03. The minimum atomic E-state index is -0.878. The van der Waals surface area contributed by atoms with Crippen molar-refractivity contribution in [2.24, 2.45) is 11.3 Å². The molecule has 0 aromatic heterocycles. The van der Waals surface area contributed by atoms with Gasteiger partial charge < -0.3 is 14.9 Å². The van der Waals surface area contributed by atoms with Crippen LogP contribution in [-0.2, 0) is 14.4 Å². The van der Waals surface area contributed by atoms with Crippen molar-refractivity contribution in [2.45, 2.75) is 50.5 Å². The van der Waals surface area contributed by atoms with Crippen molar-refractivity contribution in [1.82, 2.24) is 4.90 Å². The van der Waals surface area contributed by atoms with E-state index in [1.165, 1.54) is 11.8 Å². The van der Waals surface area contributed by atoms with Gasteiger partial charge in [-0.2, -0.15) is 0 Å². The number of fused-ring (bicyclic) bond motifs is 2. The maximum absolute atomic E-state index is 14.3. The van der Waals surface area contributed by atoms with E-state index in [2.05, 4.69) is 45.0 Å². The number of nitrogens with zero attached hydrogens (tertiary/aromatic N) is 2. The van der Waals surface area contributed by atoms with Crippen molar-refractivity contribution >= 4 is 57.6 Å². The van der Waals surface area contributed by atoms with Gasteiger partial charge in [0.25, 0.3) is 0 Å². The van der Waals surface area contributed by atoms with Crippen LogP contribution in [0.4, 0.5) is 5.69 Å². The summed E-state index contributed by atoms with van der Waals surface area (Å²) >= 11 is 8.05. The molecule has 8 heteroatoms. The first-order chi connectivity index (χ1) is 19.0. The molecule has 0 spiro atoms. The zero-order valence-corrected chi connectivity index (χ0v) is 24.7. The summed E-state index contributed by atoms with van der Waals surface area (Å²) in [6.45, 7) is 7.47. The lowest BCUT2D eigenvalue weighted by molar-refractivity contribution is -0.146. The van der Waals surface area contributed by atoms with Crippen LogP contribution < -0.4 is 4.90 Å². The molecule has 2 amide bonds. The molecule has 6 nitrogen and oxygen atoms in total. The van der Waals surface area contributed by atoms with E-state index in [9.17, 15) is 19.5 Å². The predicted octanol–water partition coefficient (Wildman–Crippen LogP) is 6.79. The molecule has 2 aliphatic rings. The van der Waals surface area contributed by atoms with E-state index in [4.69, 9.17) is 11.6 Å². The molecule has 2 heterocycles. The Labute approximate surface area is 244 Å². The Bertz CT molecular complexity index is 1450. The molecule has 1 unspecified atom stereocenters. The van der Waals surface area contributed by atoms with Crippen LogP contribution in [0.2, 0.25) is 5.02 Å². The van der Waals surface area contributed by atoms with Gasteiger partial charge in [-0.05, 0) is 58.4 Å². The number of hydrogen-bond donors (Lipinski definition) is 1. The molecule has 0 aliphatic carbocycles. The number of carboxylic acids is 1. The number of amides is 2. The van der Waals surface area contributed by atoms with Crippen LogP contribution >= 0.6 is 23.4 Å². The summed E-state index contributed by atoms with van der Waals surface area (Å²) in [4.78, 5) is 43.0. The van der Waals surface area contributed by atoms with Gasteiger partial charge in [-0.1, -0.05) is 74.8 Å². The number of thioether (sulfide) groups is 1. The fourth-order valence-electron chi connectivity index (χ4n) is 5.76. The number of likely N-dealkylation sites (tertiary alicyclic amines) is 1. The standard InChI is InChI=1S/C32H35ClN2O4S/c1-32(2,3)19-35-26-14-13-22(33)16-25(26)29(24-12-6-9-20-8-4-5-11-23(20)24)40-27(30(35)37)17-28(36)34-15-7-10-21(18-34)31(38)39/h4-6,8-9,11-14,16,21,27,29H,7,10,15,17-19H2,1-3H3,(H,38,39)/t21?,27-,29-/m0/s1. The van der Waals surface area contributed by atoms with E-state index in [1.54, 1.807) is 4.90 Å². The monoisotopic (exact) mass is 578 g/mol. The van der Waals surface area contributed by atoms with Gasteiger partial charge in [0.1, 0.15) is 0 Å². The highest BCUT2D eigenvalue weighted by atomic mass is 35.5. The number of anilines is 1. The zero-order chi connectivity index (χ0) is 28.6. The summed E-state index contributed by atoms with van der Waals surface area (Å²) in [7, 11) is 0. The average Bonchev–Trinajstić information content (AvgIpc) is 3.02. The molecule has 1 N–H and O–H groups in total. The van der Waals surface area contributed by atoms with E-state index in [1.807, 2.05) is 41.3 Å². The van der Waals surface area contributed by atoms with Crippen LogP contribution in [0.15, 0.2) is 60.7 Å². The molecule has 1 fully saturated rings. The van der Waals surface area contributed by atoms with E-state index in [-0.39, 0.29) is 35.4 Å². The Balaban J connectivity index is 1.59. The zero-order valence-electron chi connectivity index (χ0n) is 23.1. The molecule has 210 valence electrons. The summed E-state index contributed by atoms with van der Waals surface area (Å²) in [6.07, 6.45) is 1.22. The molecular weight excluding hydrogens is 544 g/mol. The summed E-state index contributed by atoms with van der Waals surface area (Å²) < 4.78 is 0. The van der Waals surface area contributed by atoms with Gasteiger partial charge in [0, 0.05) is 36.8 Å². The van der Waals surface area contributed by atoms with Gasteiger partial charge in [0.15, 0.2) is 0 Å². The van der Waals surface area contributed by atoms with Gasteiger partial charge in [-0.25, -0.2) is 0 Å². The van der Waals surface area contributed by atoms with Gasteiger partial charge in [-0.3, -0.25) is 14.4 Å². The third-order valence-corrected chi connectivity index (χ3v) is 9.34. The quantitative estimate of drug-likeness (QED) is 0.361. The summed E-state index contributed by atoms with van der Waals surface area (Å²) in [5.41, 5.74) is 2.64. The number of piperidine rings is 1. The van der Waals surface area contributed by atoms with Gasteiger partial charge in [-0.15, -0.1) is 11.8 Å². The highest BCUT2D eigenvalue weighted by Gasteiger charge is 2.40. The van der Waals surface area contributed by atoms with Crippen molar-refractivity contribution in [3.63, 3.8) is 0 Å². The first kappa shape index (κ1) is 28.5. The largest absolute Gasteiger partial charge is 0.481 e. The second kappa shape index (κ2) is 11.5. The molecular formula is C32H35ClN2O4S. The van der Waals surface area contributed by atoms with Crippen molar-refractivity contribution in [3.8, 4) is 0 Å². The molecule has 2 aliphatic heterocycles. The minimum absolute atomic E-state index is 0.0134. The normalized spacial score (nSPS) is 21.7. The maximum Gasteiger partial charge on any atom is 0.308 e. The second-order valence-corrected chi connectivity index (χ2v) is 13.7. The number of carboxylic acid groups (broad SMARTS) is 1. The molecule has 5 rings (SSSR count). The van der Waals surface area contributed by atoms with E-state index in [0.717, 1.165) is 27.6 Å². The first-order valence-corrected chi connectivity index (χ1v) is 15.1. The number of halogens is 1. The lowest BCUT2D eigenvalue weighted by Gasteiger charge is -2.33. The molecule has 3 aromatic rings. The van der Waals surface area contributed by atoms with Crippen LogP contribution in [0.1, 0.15) is 56.4 Å². The van der Waals surface area contributed by atoms with E-state index >= 15 is 0 Å². The van der Waals surface area contributed by atoms with Crippen molar-refractivity contribution < 1.29 is 19.5 Å². The van der Waals surface area contributed by atoms with Crippen LogP contribution in [0, 0.1) is 11.3 Å². The highest BCUT2D eigenvalue weighted by Crippen LogP contribution is 2.49. The minimum Gasteiger partial charge on any atom is -0.481 e. The number of hydrogen-bond acceptors (Lipinski definition) is 4. The lowest BCUT2D eigenvalue weighted by atomic mass is 9.93. The Kier molecular flexibility index (Phi) is 8.16. The Morgan fingerprint density at radius 3 is 2.55 bits per heavy atom. The molecule has 1 saturated heterocycles. The maximum atomic E-state index is 14.3. The fraction of sp³-hybridized carbons (Fsp3) is 0.406. The predicted molar refractivity (Wildman–Crippen MR) is 162 cm³/mol. The highest BCUT2D eigenvalue weighted by molar-refractivity contribution is 8.01. The smallest absolute Gasteiger partial charge is 0.308 e. The topological polar surface area (TPSA) is 77.9 Å². The molecule has 40 heavy (non-hydrogen) atoms. The van der Waals surface area contributed by atoms with Crippen LogP contribution in [0.3, 0.4) is 0 Å². The number of benzene rings is 3. The van der Waals surface area contributed by atoms with Crippen molar-refractivity contribution in [3.05, 3.63) is 76.8 Å². The summed E-state index contributed by atoms with van der Waals surface area (Å²) in [6, 6.07) is 20.1. The van der Waals surface area contributed by atoms with Gasteiger partial charge in [0.05, 0.1) is 16.4 Å². The number of aliphatic carboxylic acids is 1. The molecule has 3 atom stereocenters. The van der Waals surface area contributed by atoms with E-state index < -0.39 is 17.1 Å². The summed E-state index contributed by atoms with van der Waals surface area (Å²) in [5.74, 6) is -1.72. The molecule has 0 radical (unpaired) electrons. The molecule has 0 bridgehead atoms. The summed E-state index contributed by atoms with van der Waals surface area (Å²) in [5, 5.41) is 11.4. The second-order valence-electron chi connectivity index (χ2n) is 12.0. The van der Waals surface area contributed by atoms with Gasteiger partial charge >= 0.3 is 5.97 Å². The lowest BCUT2D eigenvalue weighted by Crippen LogP contribution is -2.46. The Morgan fingerprint density at radius 2 is 1.80 bits per heavy atom. The van der Waals surface area contributed by atoms with Crippen LogP contribution in [0.5, 0.6) is 0 Å². The van der Waals surface area contributed by atoms with Crippen molar-refractivity contribution in [1.29, 1.82) is 0 Å². The average molecular weight is 579 g/mol. The SMILES string of the molecule is CC(C)(C)CN1C(=O)[C@H](CC(=O)N2CCCC(C(=O)O)C2)S[C@@H](c2cccc3ccccc23)c2cc(Cl)ccc21. The molecule has 3 aromatic carbocycles. The fourth-order valence-corrected chi connectivity index (χ4v) is 7.43. The number of carbonyl (C=O) groups excluding carboxylic acids is 2. The van der Waals surface area contributed by atoms with Gasteiger partial charge in [0.2, 0.25) is 11.8 Å². The number of carbonyl (C=O) groups is 3. The third-order valence-electron chi connectivity index (χ3n) is 7.63. The van der Waals surface area contributed by atoms with Crippen molar-refractivity contribution in [2.75, 3.05) is 24.5 Å². The third kappa shape index (κ3) is 6.01. The van der Waals surface area contributed by atoms with Crippen LogP contribution in [0.25, 0.3) is 10.8 Å². The first-order valence-electron chi connectivity index (χ1n) is 13.8. The number of rotatable bonds is 5. The molecule has 0 saturated carbocycles. The van der Waals surface area contributed by atoms with Crippen LogP contribution in [-0.4, -0.2) is 52.7 Å².